The van der Waals surface area contributed by atoms with Crippen molar-refractivity contribution in [3.63, 3.8) is 0 Å². The number of para-hydroxylation sites is 1. The Labute approximate surface area is 168 Å². The van der Waals surface area contributed by atoms with E-state index in [0.29, 0.717) is 22.3 Å². The number of H-pyrrole nitrogens is 1. The Balaban J connectivity index is 1.89. The Kier molecular flexibility index (Phi) is 5.97. The summed E-state index contributed by atoms with van der Waals surface area (Å²) < 4.78 is 4.94. The van der Waals surface area contributed by atoms with Gasteiger partial charge in [0.1, 0.15) is 5.56 Å². The molecule has 3 N–H and O–H groups in total. The molecule has 0 fully saturated rings. The third-order valence-corrected chi connectivity index (χ3v) is 4.48. The molecule has 7 nitrogen and oxygen atoms in total. The second-order valence-electron chi connectivity index (χ2n) is 6.83. The first kappa shape index (κ1) is 20.1. The molecule has 7 heteroatoms. The Morgan fingerprint density at radius 1 is 1.10 bits per heavy atom. The van der Waals surface area contributed by atoms with Crippen LogP contribution in [0.5, 0.6) is 0 Å². The topological polar surface area (TPSA) is 100 Å². The minimum Gasteiger partial charge on any atom is -0.450 e. The van der Waals surface area contributed by atoms with Crippen LogP contribution in [-0.4, -0.2) is 23.6 Å². The van der Waals surface area contributed by atoms with Crippen molar-refractivity contribution in [2.24, 2.45) is 0 Å². The minimum atomic E-state index is -0.566. The van der Waals surface area contributed by atoms with Crippen LogP contribution in [-0.2, 0) is 4.74 Å². The predicted octanol–water partition coefficient (Wildman–Crippen LogP) is 4.47. The number of anilines is 2. The van der Waals surface area contributed by atoms with E-state index in [0.717, 1.165) is 5.56 Å². The highest BCUT2D eigenvalue weighted by atomic mass is 16.5. The fourth-order valence-electron chi connectivity index (χ4n) is 3.06. The van der Waals surface area contributed by atoms with Crippen LogP contribution in [0.1, 0.15) is 42.6 Å². The number of benzene rings is 2. The summed E-state index contributed by atoms with van der Waals surface area (Å²) in [7, 11) is 0. The summed E-state index contributed by atoms with van der Waals surface area (Å²) in [5, 5.41) is 5.87. The number of hydrogen-bond acceptors (Lipinski definition) is 4. The lowest BCUT2D eigenvalue weighted by atomic mass is 10.0. The van der Waals surface area contributed by atoms with Crippen LogP contribution in [0.3, 0.4) is 0 Å². The van der Waals surface area contributed by atoms with Crippen molar-refractivity contribution in [1.29, 1.82) is 0 Å². The van der Waals surface area contributed by atoms with Crippen molar-refractivity contribution >= 4 is 34.3 Å². The molecule has 3 aromatic rings. The van der Waals surface area contributed by atoms with Crippen molar-refractivity contribution in [2.45, 2.75) is 26.7 Å². The van der Waals surface area contributed by atoms with E-state index in [1.807, 2.05) is 26.0 Å². The predicted molar refractivity (Wildman–Crippen MR) is 114 cm³/mol. The van der Waals surface area contributed by atoms with E-state index in [9.17, 15) is 14.4 Å². The van der Waals surface area contributed by atoms with Gasteiger partial charge in [-0.15, -0.1) is 0 Å². The molecule has 0 aliphatic carbocycles. The molecule has 0 radical (unpaired) electrons. The van der Waals surface area contributed by atoms with Gasteiger partial charge in [-0.3, -0.25) is 14.9 Å². The molecule has 0 unspecified atom stereocenters. The van der Waals surface area contributed by atoms with Gasteiger partial charge in [-0.1, -0.05) is 32.0 Å². The monoisotopic (exact) mass is 393 g/mol. The molecule has 3 rings (SSSR count). The van der Waals surface area contributed by atoms with Crippen molar-refractivity contribution < 1.29 is 14.3 Å². The van der Waals surface area contributed by atoms with Crippen LogP contribution in [0.2, 0.25) is 0 Å². The number of aromatic amines is 1. The normalized spacial score (nSPS) is 10.8. The van der Waals surface area contributed by atoms with Gasteiger partial charge in [-0.05, 0) is 42.7 Å². The molecule has 0 saturated heterocycles. The summed E-state index contributed by atoms with van der Waals surface area (Å²) in [6.07, 6.45) is 0.837. The largest absolute Gasteiger partial charge is 0.450 e. The van der Waals surface area contributed by atoms with Crippen molar-refractivity contribution in [1.82, 2.24) is 4.98 Å². The van der Waals surface area contributed by atoms with Gasteiger partial charge in [0.25, 0.3) is 5.91 Å². The molecular weight excluding hydrogens is 370 g/mol. The maximum absolute atomic E-state index is 12.7. The number of ether oxygens (including phenoxy) is 1. The van der Waals surface area contributed by atoms with Crippen LogP contribution in [0, 0.1) is 0 Å². The number of carbonyl (C=O) groups excluding carboxylic acids is 2. The molecule has 0 saturated carbocycles. The minimum absolute atomic E-state index is 0.0107. The van der Waals surface area contributed by atoms with E-state index in [-0.39, 0.29) is 23.5 Å². The Bertz CT molecular complexity index is 1120. The Morgan fingerprint density at radius 2 is 1.86 bits per heavy atom. The summed E-state index contributed by atoms with van der Waals surface area (Å²) in [6.45, 7) is 5.97. The van der Waals surface area contributed by atoms with Crippen LogP contribution in [0.15, 0.2) is 53.5 Å². The number of aromatic nitrogens is 1. The fraction of sp³-hybridized carbons (Fsp3) is 0.227. The second-order valence-corrected chi connectivity index (χ2v) is 6.83. The molecule has 2 amide bonds. The summed E-state index contributed by atoms with van der Waals surface area (Å²) in [5.41, 5.74) is 2.23. The number of hydrogen-bond donors (Lipinski definition) is 3. The van der Waals surface area contributed by atoms with Gasteiger partial charge in [0, 0.05) is 28.5 Å². The van der Waals surface area contributed by atoms with E-state index in [4.69, 9.17) is 4.74 Å². The van der Waals surface area contributed by atoms with Crippen LogP contribution in [0.25, 0.3) is 10.9 Å². The molecule has 1 aromatic heterocycles. The highest BCUT2D eigenvalue weighted by molar-refractivity contribution is 6.06. The summed E-state index contributed by atoms with van der Waals surface area (Å²) in [5.74, 6) is -0.378. The van der Waals surface area contributed by atoms with Gasteiger partial charge in [-0.2, -0.15) is 0 Å². The molecule has 0 atom stereocenters. The fourth-order valence-corrected chi connectivity index (χ4v) is 3.06. The molecule has 150 valence electrons. The van der Waals surface area contributed by atoms with Crippen LogP contribution >= 0.6 is 0 Å². The third-order valence-electron chi connectivity index (χ3n) is 4.48. The quantitative estimate of drug-likeness (QED) is 0.595. The van der Waals surface area contributed by atoms with Crippen molar-refractivity contribution in [3.8, 4) is 0 Å². The summed E-state index contributed by atoms with van der Waals surface area (Å²) in [4.78, 5) is 40.1. The average Bonchev–Trinajstić information content (AvgIpc) is 2.68. The molecule has 29 heavy (non-hydrogen) atoms. The van der Waals surface area contributed by atoms with Gasteiger partial charge >= 0.3 is 6.09 Å². The second kappa shape index (κ2) is 8.60. The number of pyridine rings is 1. The number of rotatable bonds is 5. The standard InChI is InChI=1S/C22H23N3O4/c1-4-29-22(28)25-19-11-14(9-10-15(19)13(2)3)24-21(27)17-12-23-18-8-6-5-7-16(18)20(17)26/h5-13H,4H2,1-3H3,(H,23,26)(H,24,27)(H,25,28). The molecule has 1 heterocycles. The lowest BCUT2D eigenvalue weighted by Gasteiger charge is -2.16. The third kappa shape index (κ3) is 4.45. The zero-order chi connectivity index (χ0) is 21.0. The van der Waals surface area contributed by atoms with E-state index in [1.165, 1.54) is 6.20 Å². The van der Waals surface area contributed by atoms with Gasteiger partial charge in [0.15, 0.2) is 0 Å². The van der Waals surface area contributed by atoms with Crippen molar-refractivity contribution in [3.05, 3.63) is 70.0 Å². The molecule has 2 aromatic carbocycles. The van der Waals surface area contributed by atoms with E-state index in [2.05, 4.69) is 15.6 Å². The Morgan fingerprint density at radius 3 is 2.59 bits per heavy atom. The van der Waals surface area contributed by atoms with E-state index in [1.54, 1.807) is 37.3 Å². The van der Waals surface area contributed by atoms with Gasteiger partial charge in [0.05, 0.1) is 6.61 Å². The van der Waals surface area contributed by atoms with E-state index < -0.39 is 12.0 Å². The lowest BCUT2D eigenvalue weighted by Crippen LogP contribution is -2.22. The maximum Gasteiger partial charge on any atom is 0.411 e. The van der Waals surface area contributed by atoms with Gasteiger partial charge in [-0.25, -0.2) is 4.79 Å². The van der Waals surface area contributed by atoms with Gasteiger partial charge in [0.2, 0.25) is 5.43 Å². The van der Waals surface area contributed by atoms with E-state index >= 15 is 0 Å². The first-order chi connectivity index (χ1) is 13.9. The highest BCUT2D eigenvalue weighted by Gasteiger charge is 2.15. The van der Waals surface area contributed by atoms with Crippen molar-refractivity contribution in [2.75, 3.05) is 17.2 Å². The number of carbonyl (C=O) groups is 2. The molecule has 0 aliphatic rings. The summed E-state index contributed by atoms with van der Waals surface area (Å²) >= 11 is 0. The molecule has 0 spiro atoms. The van der Waals surface area contributed by atoms with Gasteiger partial charge < -0.3 is 15.0 Å². The zero-order valence-electron chi connectivity index (χ0n) is 16.5. The SMILES string of the molecule is CCOC(=O)Nc1cc(NC(=O)c2c[nH]c3ccccc3c2=O)ccc1C(C)C. The number of nitrogens with one attached hydrogen (secondary N) is 3. The first-order valence-corrected chi connectivity index (χ1v) is 9.40. The molecule has 0 aliphatic heterocycles. The lowest BCUT2D eigenvalue weighted by molar-refractivity contribution is 0.102. The zero-order valence-corrected chi connectivity index (χ0v) is 16.5. The average molecular weight is 393 g/mol. The van der Waals surface area contributed by atoms with Crippen LogP contribution in [0.4, 0.5) is 16.2 Å². The molecule has 0 bridgehead atoms. The Hall–Kier alpha value is -3.61. The summed E-state index contributed by atoms with van der Waals surface area (Å²) in [6, 6.07) is 12.2. The highest BCUT2D eigenvalue weighted by Crippen LogP contribution is 2.28. The number of amides is 2. The number of fused-ring (bicyclic) bond motifs is 1. The smallest absolute Gasteiger partial charge is 0.411 e. The molecular formula is C22H23N3O4. The maximum atomic E-state index is 12.7. The van der Waals surface area contributed by atoms with Crippen LogP contribution < -0.4 is 16.1 Å². The first-order valence-electron chi connectivity index (χ1n) is 9.40.